The van der Waals surface area contributed by atoms with Crippen LogP contribution in [0.15, 0.2) is 35.2 Å². The summed E-state index contributed by atoms with van der Waals surface area (Å²) in [5, 5.41) is 8.94. The van der Waals surface area contributed by atoms with Crippen molar-refractivity contribution in [3.05, 3.63) is 47.7 Å². The van der Waals surface area contributed by atoms with E-state index in [9.17, 15) is 26.7 Å². The molecule has 0 spiro atoms. The number of pyridine rings is 1. The molecule has 0 aliphatic carbocycles. The number of carbonyl (C=O) groups excluding carboxylic acids is 1. The number of amides is 1. The highest BCUT2D eigenvalue weighted by molar-refractivity contribution is 6.08. The van der Waals surface area contributed by atoms with Crippen LogP contribution < -0.4 is 15.4 Å². The topological polar surface area (TPSA) is 118 Å². The number of rotatable bonds is 9. The lowest BCUT2D eigenvalue weighted by atomic mass is 10.1. The van der Waals surface area contributed by atoms with Crippen LogP contribution in [-0.2, 0) is 6.18 Å². The molecule has 0 radical (unpaired) electrons. The molecule has 1 saturated heterocycles. The molecule has 198 valence electrons. The molecule has 1 aliphatic heterocycles. The number of aromatic nitrogens is 4. The second-order valence-corrected chi connectivity index (χ2v) is 8.34. The maximum absolute atomic E-state index is 12.8. The number of nitrogens with one attached hydrogen (secondary N) is 2. The highest BCUT2D eigenvalue weighted by atomic mass is 19.4. The van der Waals surface area contributed by atoms with E-state index in [1.807, 2.05) is 0 Å². The SMILES string of the molecule is Cc1noc(Nc2cnc(C(F)(F)F)cn2)c1C(=O)Nc1ccc(OC[C@@H]2CCN(CC(F)F)C2)nc1. The maximum atomic E-state index is 12.8. The predicted molar refractivity (Wildman–Crippen MR) is 120 cm³/mol. The molecule has 0 aromatic carbocycles. The molecular formula is C22H22F5N7O3. The number of carbonyl (C=O) groups is 1. The molecule has 1 aliphatic rings. The molecule has 15 heteroatoms. The Balaban J connectivity index is 1.33. The number of likely N-dealkylation sites (tertiary alicyclic amines) is 1. The normalized spacial score (nSPS) is 16.2. The Labute approximate surface area is 207 Å². The van der Waals surface area contributed by atoms with Crippen molar-refractivity contribution < 1.29 is 36.0 Å². The molecule has 37 heavy (non-hydrogen) atoms. The standard InChI is InChI=1S/C22H22F5N7O3/c1-12-19(21(37-33-12)32-17-8-28-15(7-29-17)22(25,26)27)20(35)31-14-2-3-18(30-6-14)36-11-13-4-5-34(9-13)10-16(23)24/h2-3,6-8,13,16H,4-5,9-11H2,1H3,(H,29,32)(H,31,35)/t13-/m1/s1. The van der Waals surface area contributed by atoms with Gasteiger partial charge in [-0.15, -0.1) is 0 Å². The third kappa shape index (κ3) is 6.87. The van der Waals surface area contributed by atoms with Crippen LogP contribution in [0.5, 0.6) is 5.88 Å². The van der Waals surface area contributed by atoms with Gasteiger partial charge in [-0.05, 0) is 26.0 Å². The highest BCUT2D eigenvalue weighted by Gasteiger charge is 2.33. The lowest BCUT2D eigenvalue weighted by Crippen LogP contribution is -2.27. The van der Waals surface area contributed by atoms with Crippen LogP contribution in [0.4, 0.5) is 39.3 Å². The zero-order chi connectivity index (χ0) is 26.6. The van der Waals surface area contributed by atoms with Crippen molar-refractivity contribution in [3.63, 3.8) is 0 Å². The second kappa shape index (κ2) is 11.0. The van der Waals surface area contributed by atoms with Gasteiger partial charge < -0.3 is 19.9 Å². The molecular weight excluding hydrogens is 505 g/mol. The van der Waals surface area contributed by atoms with Gasteiger partial charge in [0.1, 0.15) is 5.56 Å². The highest BCUT2D eigenvalue weighted by Crippen LogP contribution is 2.28. The van der Waals surface area contributed by atoms with Crippen molar-refractivity contribution in [2.45, 2.75) is 25.9 Å². The zero-order valence-corrected chi connectivity index (χ0v) is 19.4. The number of hydrogen-bond acceptors (Lipinski definition) is 9. The molecule has 4 rings (SSSR count). The molecule has 1 amide bonds. The van der Waals surface area contributed by atoms with Crippen LogP contribution in [0.25, 0.3) is 0 Å². The Hall–Kier alpha value is -3.88. The first-order valence-corrected chi connectivity index (χ1v) is 11.1. The van der Waals surface area contributed by atoms with Gasteiger partial charge in [0, 0.05) is 18.5 Å². The van der Waals surface area contributed by atoms with Gasteiger partial charge in [-0.1, -0.05) is 5.16 Å². The summed E-state index contributed by atoms with van der Waals surface area (Å²) in [7, 11) is 0. The molecule has 1 atom stereocenters. The quantitative estimate of drug-likeness (QED) is 0.396. The van der Waals surface area contributed by atoms with Crippen LogP contribution in [0.3, 0.4) is 0 Å². The summed E-state index contributed by atoms with van der Waals surface area (Å²) in [4.78, 5) is 25.6. The summed E-state index contributed by atoms with van der Waals surface area (Å²) < 4.78 is 73.8. The molecule has 0 saturated carbocycles. The van der Waals surface area contributed by atoms with Gasteiger partial charge in [0.05, 0.1) is 43.1 Å². The fourth-order valence-electron chi connectivity index (χ4n) is 3.72. The second-order valence-electron chi connectivity index (χ2n) is 8.34. The third-order valence-electron chi connectivity index (χ3n) is 5.50. The molecule has 2 N–H and O–H groups in total. The van der Waals surface area contributed by atoms with Gasteiger partial charge in [0.25, 0.3) is 12.3 Å². The van der Waals surface area contributed by atoms with E-state index in [0.29, 0.717) is 37.5 Å². The Bertz CT molecular complexity index is 1200. The summed E-state index contributed by atoms with van der Waals surface area (Å²) in [5.74, 6) is -0.386. The smallest absolute Gasteiger partial charge is 0.434 e. The first kappa shape index (κ1) is 26.2. The molecule has 10 nitrogen and oxygen atoms in total. The summed E-state index contributed by atoms with van der Waals surface area (Å²) in [6, 6.07) is 3.12. The first-order valence-electron chi connectivity index (χ1n) is 11.1. The van der Waals surface area contributed by atoms with Crippen molar-refractivity contribution in [1.29, 1.82) is 0 Å². The van der Waals surface area contributed by atoms with Crippen molar-refractivity contribution in [3.8, 4) is 5.88 Å². The average molecular weight is 527 g/mol. The van der Waals surface area contributed by atoms with Crippen molar-refractivity contribution >= 4 is 23.3 Å². The molecule has 1 fully saturated rings. The van der Waals surface area contributed by atoms with E-state index in [-0.39, 0.29) is 35.4 Å². The monoisotopic (exact) mass is 527 g/mol. The van der Waals surface area contributed by atoms with E-state index < -0.39 is 24.2 Å². The molecule has 3 aromatic heterocycles. The number of halogens is 5. The van der Waals surface area contributed by atoms with E-state index in [1.165, 1.54) is 13.1 Å². The number of aryl methyl sites for hydroxylation is 1. The first-order chi connectivity index (χ1) is 17.6. The Morgan fingerprint density at radius 2 is 2.03 bits per heavy atom. The average Bonchev–Trinajstić information content (AvgIpc) is 3.43. The van der Waals surface area contributed by atoms with E-state index in [4.69, 9.17) is 9.26 Å². The van der Waals surface area contributed by atoms with Gasteiger partial charge in [-0.2, -0.15) is 13.2 Å². The lowest BCUT2D eigenvalue weighted by molar-refractivity contribution is -0.141. The third-order valence-corrected chi connectivity index (χ3v) is 5.50. The van der Waals surface area contributed by atoms with Crippen molar-refractivity contribution in [2.24, 2.45) is 5.92 Å². The minimum atomic E-state index is -4.64. The minimum Gasteiger partial charge on any atom is -0.477 e. The van der Waals surface area contributed by atoms with Crippen LogP contribution in [-0.4, -0.2) is 63.6 Å². The Morgan fingerprint density at radius 1 is 1.22 bits per heavy atom. The van der Waals surface area contributed by atoms with Crippen LogP contribution in [0.2, 0.25) is 0 Å². The summed E-state index contributed by atoms with van der Waals surface area (Å²) in [6.45, 7) is 2.74. The van der Waals surface area contributed by atoms with Crippen molar-refractivity contribution in [1.82, 2.24) is 25.0 Å². The largest absolute Gasteiger partial charge is 0.477 e. The van der Waals surface area contributed by atoms with E-state index in [2.05, 4.69) is 30.7 Å². The number of hydrogen-bond donors (Lipinski definition) is 2. The number of nitrogens with zero attached hydrogens (tertiary/aromatic N) is 5. The van der Waals surface area contributed by atoms with Gasteiger partial charge in [0.15, 0.2) is 11.5 Å². The minimum absolute atomic E-state index is 0.0107. The summed E-state index contributed by atoms with van der Waals surface area (Å²) in [6.07, 6.45) is -3.46. The number of anilines is 3. The van der Waals surface area contributed by atoms with Crippen LogP contribution in [0.1, 0.15) is 28.2 Å². The van der Waals surface area contributed by atoms with Gasteiger partial charge in [-0.25, -0.2) is 23.7 Å². The van der Waals surface area contributed by atoms with Crippen LogP contribution in [0, 0.1) is 12.8 Å². The molecule has 3 aromatic rings. The van der Waals surface area contributed by atoms with E-state index in [1.54, 1.807) is 17.0 Å². The zero-order valence-electron chi connectivity index (χ0n) is 19.4. The number of ether oxygens (including phenoxy) is 1. The van der Waals surface area contributed by atoms with Crippen molar-refractivity contribution in [2.75, 3.05) is 36.9 Å². The molecule has 0 bridgehead atoms. The fraction of sp³-hybridized carbons (Fsp3) is 0.409. The molecule has 4 heterocycles. The van der Waals surface area contributed by atoms with Gasteiger partial charge in [-0.3, -0.25) is 9.69 Å². The predicted octanol–water partition coefficient (Wildman–Crippen LogP) is 4.15. The fourth-order valence-corrected chi connectivity index (χ4v) is 3.72. The van der Waals surface area contributed by atoms with E-state index in [0.717, 1.165) is 12.6 Å². The molecule has 0 unspecified atom stereocenters. The maximum Gasteiger partial charge on any atom is 0.434 e. The Kier molecular flexibility index (Phi) is 7.80. The van der Waals surface area contributed by atoms with Gasteiger partial charge >= 0.3 is 6.18 Å². The number of alkyl halides is 5. The van der Waals surface area contributed by atoms with Gasteiger partial charge in [0.2, 0.25) is 11.8 Å². The van der Waals surface area contributed by atoms with E-state index >= 15 is 0 Å². The summed E-state index contributed by atoms with van der Waals surface area (Å²) in [5.41, 5.74) is -0.592. The summed E-state index contributed by atoms with van der Waals surface area (Å²) >= 11 is 0. The Morgan fingerprint density at radius 3 is 2.68 bits per heavy atom. The lowest BCUT2D eigenvalue weighted by Gasteiger charge is -2.15. The van der Waals surface area contributed by atoms with Crippen LogP contribution >= 0.6 is 0 Å².